The molecule has 0 atom stereocenters. The summed E-state index contributed by atoms with van der Waals surface area (Å²) in [6, 6.07) is 11.1. The zero-order valence-corrected chi connectivity index (χ0v) is 17.3. The number of benzene rings is 2. The molecule has 0 bridgehead atoms. The number of aliphatic imine (C=N–C) groups is 1. The molecule has 2 fully saturated rings. The molecule has 1 aliphatic heterocycles. The van der Waals surface area contributed by atoms with E-state index in [1.807, 2.05) is 31.2 Å². The van der Waals surface area contributed by atoms with Crippen LogP contribution in [-0.4, -0.2) is 52.4 Å². The topological polar surface area (TPSA) is 93.6 Å². The van der Waals surface area contributed by atoms with Crippen LogP contribution in [0.5, 0.6) is 0 Å². The van der Waals surface area contributed by atoms with Gasteiger partial charge in [0.1, 0.15) is 6.33 Å². The van der Waals surface area contributed by atoms with Gasteiger partial charge in [-0.2, -0.15) is 0 Å². The van der Waals surface area contributed by atoms with Gasteiger partial charge < -0.3 is 10.0 Å². The van der Waals surface area contributed by atoms with E-state index < -0.39 is 0 Å². The summed E-state index contributed by atoms with van der Waals surface area (Å²) in [5.41, 5.74) is 3.29. The molecule has 1 aliphatic carbocycles. The van der Waals surface area contributed by atoms with Crippen LogP contribution in [0, 0.1) is 11.8 Å². The molecule has 8 heteroatoms. The highest BCUT2D eigenvalue weighted by atomic mass is 16.3. The van der Waals surface area contributed by atoms with Crippen LogP contribution < -0.4 is 15.6 Å². The van der Waals surface area contributed by atoms with Gasteiger partial charge in [0, 0.05) is 21.4 Å². The Morgan fingerprint density at radius 3 is 2.68 bits per heavy atom. The number of fused-ring (bicyclic) bond motifs is 1. The molecule has 2 aromatic carbocycles. The third-order valence-corrected chi connectivity index (χ3v) is 5.91. The molecule has 1 aromatic heterocycles. The van der Waals surface area contributed by atoms with E-state index in [2.05, 4.69) is 14.9 Å². The van der Waals surface area contributed by atoms with Crippen LogP contribution in [0.3, 0.4) is 0 Å². The quantitative estimate of drug-likeness (QED) is 0.365. The van der Waals surface area contributed by atoms with Crippen LogP contribution in [0.4, 0.5) is 5.69 Å². The van der Waals surface area contributed by atoms with Crippen molar-refractivity contribution in [3.8, 4) is 5.69 Å². The highest BCUT2D eigenvalue weighted by Crippen LogP contribution is 2.25. The molecule has 8 nitrogen and oxygen atoms in total. The monoisotopic (exact) mass is 417 g/mol. The first-order chi connectivity index (χ1) is 15.0. The molecular weight excluding hydrogens is 394 g/mol. The molecule has 0 amide bonds. The third kappa shape index (κ3) is 3.81. The van der Waals surface area contributed by atoms with Crippen molar-refractivity contribution in [1.29, 1.82) is 0 Å². The third-order valence-electron chi connectivity index (χ3n) is 5.91. The van der Waals surface area contributed by atoms with Crippen molar-refractivity contribution in [2.75, 3.05) is 31.1 Å². The first-order valence-corrected chi connectivity index (χ1v) is 10.5. The Hall–Kier alpha value is -3.55. The summed E-state index contributed by atoms with van der Waals surface area (Å²) in [5.74, 6) is -0.245. The predicted octanol–water partition coefficient (Wildman–Crippen LogP) is 1.56. The van der Waals surface area contributed by atoms with Gasteiger partial charge >= 0.3 is 0 Å². The van der Waals surface area contributed by atoms with Gasteiger partial charge in [-0.1, -0.05) is 12.1 Å². The summed E-state index contributed by atoms with van der Waals surface area (Å²) < 4.78 is 2.55. The van der Waals surface area contributed by atoms with E-state index in [0.717, 1.165) is 28.9 Å². The molecule has 158 valence electrons. The standard InChI is InChI=1S/C23H23N5O3/c1-15-2-3-16(22(29)25-17-4-5-17)12-21(15)28-14-24-20-7-6-18(13-19(20)23(28)30)26-8-10-27(31)11-9-26/h2-3,6-7,12-14,17H,4-5,8-11H2,1H3. The summed E-state index contributed by atoms with van der Waals surface area (Å²) in [5, 5.41) is 12.9. The lowest BCUT2D eigenvalue weighted by atomic mass is 10.1. The fourth-order valence-electron chi connectivity index (χ4n) is 3.87. The average Bonchev–Trinajstić information content (AvgIpc) is 3.59. The van der Waals surface area contributed by atoms with E-state index in [0.29, 0.717) is 48.3 Å². The molecule has 0 radical (unpaired) electrons. The second-order valence-corrected chi connectivity index (χ2v) is 8.20. The molecule has 0 spiro atoms. The fraction of sp³-hybridized carbons (Fsp3) is 0.348. The lowest BCUT2D eigenvalue weighted by Crippen LogP contribution is -2.41. The fourth-order valence-corrected chi connectivity index (χ4v) is 3.87. The normalized spacial score (nSPS) is 17.4. The van der Waals surface area contributed by atoms with Crippen molar-refractivity contribution in [2.24, 2.45) is 4.99 Å². The van der Waals surface area contributed by atoms with Gasteiger partial charge in [-0.15, -0.1) is 0 Å². The van der Waals surface area contributed by atoms with Crippen molar-refractivity contribution >= 4 is 22.5 Å². The Morgan fingerprint density at radius 2 is 1.94 bits per heavy atom. The van der Waals surface area contributed by atoms with Crippen molar-refractivity contribution in [3.05, 3.63) is 69.1 Å². The Balaban J connectivity index is 1.56. The van der Waals surface area contributed by atoms with Crippen LogP contribution in [0.15, 0.2) is 52.5 Å². The second kappa shape index (κ2) is 7.61. The predicted molar refractivity (Wildman–Crippen MR) is 117 cm³/mol. The van der Waals surface area contributed by atoms with Crippen molar-refractivity contribution < 1.29 is 9.87 Å². The molecule has 2 heterocycles. The smallest absolute Gasteiger partial charge is 0.265 e. The number of hydrogen-bond donors (Lipinski definition) is 0. The maximum Gasteiger partial charge on any atom is 0.265 e. The molecule has 31 heavy (non-hydrogen) atoms. The SMILES string of the molecule is Cc1ccc(C([O-])=NC2CC2)cc1-n1cnc2ccc(N3CC[N+](=O)CC3)cc2c1=O. The van der Waals surface area contributed by atoms with Crippen LogP contribution in [0.2, 0.25) is 0 Å². The van der Waals surface area contributed by atoms with E-state index in [4.69, 9.17) is 0 Å². The first-order valence-electron chi connectivity index (χ1n) is 10.5. The lowest BCUT2D eigenvalue weighted by Gasteiger charge is -2.24. The van der Waals surface area contributed by atoms with Crippen LogP contribution in [0.25, 0.3) is 16.6 Å². The highest BCUT2D eigenvalue weighted by molar-refractivity contribution is 5.91. The van der Waals surface area contributed by atoms with Crippen molar-refractivity contribution in [1.82, 2.24) is 9.55 Å². The Morgan fingerprint density at radius 1 is 1.16 bits per heavy atom. The van der Waals surface area contributed by atoms with Gasteiger partial charge in [0.15, 0.2) is 0 Å². The molecule has 0 unspecified atom stereocenters. The minimum atomic E-state index is -0.245. The molecule has 2 aliphatic rings. The Bertz CT molecular complexity index is 1270. The van der Waals surface area contributed by atoms with Gasteiger partial charge in [0.25, 0.3) is 5.56 Å². The van der Waals surface area contributed by atoms with Crippen molar-refractivity contribution in [3.63, 3.8) is 0 Å². The number of nitroso groups, excluding NO2 is 1. The number of anilines is 1. The van der Waals surface area contributed by atoms with E-state index in [9.17, 15) is 14.8 Å². The van der Waals surface area contributed by atoms with E-state index in [-0.39, 0.29) is 17.5 Å². The lowest BCUT2D eigenvalue weighted by molar-refractivity contribution is -0.550. The molecule has 5 rings (SSSR count). The minimum Gasteiger partial charge on any atom is -0.858 e. The summed E-state index contributed by atoms with van der Waals surface area (Å²) in [4.78, 5) is 35.6. The van der Waals surface area contributed by atoms with Crippen molar-refractivity contribution in [2.45, 2.75) is 25.8 Å². The molecule has 1 saturated heterocycles. The maximum atomic E-state index is 13.4. The summed E-state index contributed by atoms with van der Waals surface area (Å²) in [6.45, 7) is 4.04. The number of nitrogens with zero attached hydrogens (tertiary/aromatic N) is 5. The first kappa shape index (κ1) is 19.4. The summed E-state index contributed by atoms with van der Waals surface area (Å²) in [7, 11) is 0. The number of aromatic nitrogens is 2. The molecule has 1 saturated carbocycles. The zero-order valence-electron chi connectivity index (χ0n) is 17.3. The zero-order chi connectivity index (χ0) is 21.5. The van der Waals surface area contributed by atoms with E-state index >= 15 is 0 Å². The van der Waals surface area contributed by atoms with E-state index in [1.54, 1.807) is 12.1 Å². The second-order valence-electron chi connectivity index (χ2n) is 8.20. The highest BCUT2D eigenvalue weighted by Gasteiger charge is 2.22. The van der Waals surface area contributed by atoms with Gasteiger partial charge in [-0.3, -0.25) is 14.4 Å². The summed E-state index contributed by atoms with van der Waals surface area (Å²) >= 11 is 0. The number of aryl methyl sites for hydroxylation is 1. The van der Waals surface area contributed by atoms with Gasteiger partial charge in [0.2, 0.25) is 13.1 Å². The minimum absolute atomic E-state index is 0.143. The number of piperazine rings is 1. The van der Waals surface area contributed by atoms with E-state index in [1.165, 1.54) is 10.9 Å². The molecule has 0 N–H and O–H groups in total. The Kier molecular flexibility index (Phi) is 4.77. The molecule has 3 aromatic rings. The van der Waals surface area contributed by atoms with Gasteiger partial charge in [-0.05, 0) is 61.1 Å². The maximum absolute atomic E-state index is 13.4. The number of hydrogen-bond acceptors (Lipinski definition) is 6. The largest absolute Gasteiger partial charge is 0.858 e. The van der Waals surface area contributed by atoms with Crippen LogP contribution >= 0.6 is 0 Å². The Labute approximate surface area is 179 Å². The molecular formula is C23H23N5O3. The van der Waals surface area contributed by atoms with Gasteiger partial charge in [-0.25, -0.2) is 4.98 Å². The van der Waals surface area contributed by atoms with Crippen LogP contribution in [-0.2, 0) is 0 Å². The number of rotatable bonds is 4. The van der Waals surface area contributed by atoms with Crippen LogP contribution in [0.1, 0.15) is 24.0 Å². The van der Waals surface area contributed by atoms with Gasteiger partial charge in [0.05, 0.1) is 29.7 Å². The average molecular weight is 417 g/mol. The summed E-state index contributed by atoms with van der Waals surface area (Å²) in [6.07, 6.45) is 3.44.